The number of nitrogens with zero attached hydrogens (tertiary/aromatic N) is 3. The summed E-state index contributed by atoms with van der Waals surface area (Å²) in [6.45, 7) is 6.86. The third kappa shape index (κ3) is 3.08. The molecule has 1 aliphatic rings. The van der Waals surface area contributed by atoms with Gasteiger partial charge in [0.1, 0.15) is 5.15 Å². The molecule has 0 aliphatic carbocycles. The molecular formula is C12H18ClN3O2S. The minimum atomic E-state index is -3.47. The summed E-state index contributed by atoms with van der Waals surface area (Å²) in [6.07, 6.45) is 1.42. The Morgan fingerprint density at radius 1 is 1.47 bits per heavy atom. The number of pyridine rings is 1. The van der Waals surface area contributed by atoms with E-state index >= 15 is 0 Å². The Bertz CT molecular complexity index is 550. The molecule has 0 aromatic carbocycles. The Morgan fingerprint density at radius 2 is 2.21 bits per heavy atom. The van der Waals surface area contributed by atoms with Crippen molar-refractivity contribution in [2.75, 3.05) is 26.2 Å². The minimum Gasteiger partial charge on any atom is -0.298 e. The van der Waals surface area contributed by atoms with Crippen molar-refractivity contribution in [1.29, 1.82) is 0 Å². The summed E-state index contributed by atoms with van der Waals surface area (Å²) in [5.74, 6) is 0. The molecular weight excluding hydrogens is 286 g/mol. The molecule has 7 heteroatoms. The van der Waals surface area contributed by atoms with Gasteiger partial charge in [0.15, 0.2) is 0 Å². The zero-order chi connectivity index (χ0) is 14.0. The molecule has 0 amide bonds. The molecule has 1 aromatic heterocycles. The predicted molar refractivity (Wildman–Crippen MR) is 74.7 cm³/mol. The van der Waals surface area contributed by atoms with E-state index < -0.39 is 10.0 Å². The van der Waals surface area contributed by atoms with Gasteiger partial charge in [-0.1, -0.05) is 18.5 Å². The Balaban J connectivity index is 2.22. The minimum absolute atomic E-state index is 0.196. The molecule has 0 radical (unpaired) electrons. The largest absolute Gasteiger partial charge is 0.298 e. The van der Waals surface area contributed by atoms with Gasteiger partial charge in [-0.15, -0.1) is 0 Å². The standard InChI is InChI=1S/C12H18ClN3O2S/c1-3-15-6-7-16(9-10(15)2)19(17,18)11-4-5-14-12(13)8-11/h4-5,8,10H,3,6-7,9H2,1-2H3. The SMILES string of the molecule is CCN1CCN(S(=O)(=O)c2ccnc(Cl)c2)CC1C. The van der Waals surface area contributed by atoms with Gasteiger partial charge >= 0.3 is 0 Å². The van der Waals surface area contributed by atoms with Crippen molar-refractivity contribution in [3.05, 3.63) is 23.5 Å². The maximum absolute atomic E-state index is 12.5. The smallest absolute Gasteiger partial charge is 0.243 e. The van der Waals surface area contributed by atoms with E-state index in [0.29, 0.717) is 13.1 Å². The lowest BCUT2D eigenvalue weighted by atomic mass is 10.2. The second kappa shape index (κ2) is 5.75. The molecule has 0 spiro atoms. The highest BCUT2D eigenvalue weighted by atomic mass is 35.5. The molecule has 1 atom stereocenters. The van der Waals surface area contributed by atoms with Crippen LogP contribution in [-0.4, -0.2) is 54.8 Å². The lowest BCUT2D eigenvalue weighted by molar-refractivity contribution is 0.135. The molecule has 2 rings (SSSR count). The fourth-order valence-electron chi connectivity index (χ4n) is 2.34. The highest BCUT2D eigenvalue weighted by Crippen LogP contribution is 2.21. The van der Waals surface area contributed by atoms with Gasteiger partial charge in [-0.3, -0.25) is 4.90 Å². The van der Waals surface area contributed by atoms with E-state index in [4.69, 9.17) is 11.6 Å². The van der Waals surface area contributed by atoms with Gasteiger partial charge < -0.3 is 0 Å². The third-order valence-electron chi connectivity index (χ3n) is 3.47. The monoisotopic (exact) mass is 303 g/mol. The number of aromatic nitrogens is 1. The molecule has 0 N–H and O–H groups in total. The van der Waals surface area contributed by atoms with Crippen molar-refractivity contribution in [2.24, 2.45) is 0 Å². The summed E-state index contributed by atoms with van der Waals surface area (Å²) in [5.41, 5.74) is 0. The normalized spacial score (nSPS) is 22.6. The zero-order valence-corrected chi connectivity index (χ0v) is 12.7. The molecule has 2 heterocycles. The van der Waals surface area contributed by atoms with Crippen LogP contribution in [0.4, 0.5) is 0 Å². The number of rotatable bonds is 3. The van der Waals surface area contributed by atoms with Gasteiger partial charge in [0.05, 0.1) is 4.90 Å². The zero-order valence-electron chi connectivity index (χ0n) is 11.1. The summed E-state index contributed by atoms with van der Waals surface area (Å²) in [6, 6.07) is 3.11. The number of piperazine rings is 1. The maximum atomic E-state index is 12.5. The molecule has 1 fully saturated rings. The predicted octanol–water partition coefficient (Wildman–Crippen LogP) is 1.45. The summed E-state index contributed by atoms with van der Waals surface area (Å²) < 4.78 is 26.5. The van der Waals surface area contributed by atoms with Crippen LogP contribution >= 0.6 is 11.6 Å². The molecule has 1 unspecified atom stereocenters. The number of likely N-dealkylation sites (N-methyl/N-ethyl adjacent to an activating group) is 1. The second-order valence-corrected chi connectivity index (χ2v) is 6.98. The maximum Gasteiger partial charge on any atom is 0.243 e. The van der Waals surface area contributed by atoms with Crippen LogP contribution in [0.3, 0.4) is 0 Å². The Labute approximate surface area is 119 Å². The van der Waals surface area contributed by atoms with Gasteiger partial charge in [0, 0.05) is 31.9 Å². The van der Waals surface area contributed by atoms with Crippen molar-refractivity contribution in [1.82, 2.24) is 14.2 Å². The van der Waals surface area contributed by atoms with E-state index in [1.165, 1.54) is 22.6 Å². The second-order valence-electron chi connectivity index (χ2n) is 4.65. The first-order chi connectivity index (χ1) is 8.95. The van der Waals surface area contributed by atoms with Crippen LogP contribution in [0.5, 0.6) is 0 Å². The highest BCUT2D eigenvalue weighted by molar-refractivity contribution is 7.89. The lowest BCUT2D eigenvalue weighted by Gasteiger charge is -2.38. The summed E-state index contributed by atoms with van der Waals surface area (Å²) >= 11 is 5.76. The summed E-state index contributed by atoms with van der Waals surface area (Å²) in [7, 11) is -3.47. The first-order valence-electron chi connectivity index (χ1n) is 6.31. The molecule has 1 aromatic rings. The van der Waals surface area contributed by atoms with Crippen LogP contribution < -0.4 is 0 Å². The topological polar surface area (TPSA) is 53.5 Å². The number of halogens is 1. The van der Waals surface area contributed by atoms with E-state index in [2.05, 4.69) is 16.8 Å². The van der Waals surface area contributed by atoms with E-state index in [-0.39, 0.29) is 16.1 Å². The highest BCUT2D eigenvalue weighted by Gasteiger charge is 2.31. The lowest BCUT2D eigenvalue weighted by Crippen LogP contribution is -2.53. The Kier molecular flexibility index (Phi) is 4.45. The van der Waals surface area contributed by atoms with Gasteiger partial charge in [-0.25, -0.2) is 13.4 Å². The summed E-state index contributed by atoms with van der Waals surface area (Å²) in [4.78, 5) is 6.30. The molecule has 0 saturated carbocycles. The Hall–Kier alpha value is -0.690. The first-order valence-corrected chi connectivity index (χ1v) is 8.12. The van der Waals surface area contributed by atoms with Crippen molar-refractivity contribution < 1.29 is 8.42 Å². The molecule has 19 heavy (non-hydrogen) atoms. The molecule has 5 nitrogen and oxygen atoms in total. The van der Waals surface area contributed by atoms with E-state index in [0.717, 1.165) is 13.1 Å². The van der Waals surface area contributed by atoms with Crippen LogP contribution in [0.2, 0.25) is 5.15 Å². The molecule has 106 valence electrons. The van der Waals surface area contributed by atoms with E-state index in [9.17, 15) is 8.42 Å². The fourth-order valence-corrected chi connectivity index (χ4v) is 4.11. The molecule has 0 bridgehead atoms. The van der Waals surface area contributed by atoms with Gasteiger partial charge in [-0.05, 0) is 25.6 Å². The number of sulfonamides is 1. The van der Waals surface area contributed by atoms with Gasteiger partial charge in [0.25, 0.3) is 0 Å². The van der Waals surface area contributed by atoms with Gasteiger partial charge in [0.2, 0.25) is 10.0 Å². The van der Waals surface area contributed by atoms with Gasteiger partial charge in [-0.2, -0.15) is 4.31 Å². The number of hydrogen-bond acceptors (Lipinski definition) is 4. The van der Waals surface area contributed by atoms with E-state index in [1.807, 2.05) is 6.92 Å². The van der Waals surface area contributed by atoms with Crippen LogP contribution in [-0.2, 0) is 10.0 Å². The van der Waals surface area contributed by atoms with Crippen molar-refractivity contribution >= 4 is 21.6 Å². The van der Waals surface area contributed by atoms with Crippen LogP contribution in [0.25, 0.3) is 0 Å². The van der Waals surface area contributed by atoms with Crippen molar-refractivity contribution in [3.63, 3.8) is 0 Å². The van der Waals surface area contributed by atoms with Crippen molar-refractivity contribution in [2.45, 2.75) is 24.8 Å². The molecule has 1 saturated heterocycles. The fraction of sp³-hybridized carbons (Fsp3) is 0.583. The van der Waals surface area contributed by atoms with Crippen LogP contribution in [0, 0.1) is 0 Å². The van der Waals surface area contributed by atoms with Crippen LogP contribution in [0.1, 0.15) is 13.8 Å². The number of hydrogen-bond donors (Lipinski definition) is 0. The van der Waals surface area contributed by atoms with E-state index in [1.54, 1.807) is 0 Å². The quantitative estimate of drug-likeness (QED) is 0.793. The average Bonchev–Trinajstić information content (AvgIpc) is 2.38. The van der Waals surface area contributed by atoms with Crippen LogP contribution in [0.15, 0.2) is 23.2 Å². The summed E-state index contributed by atoms with van der Waals surface area (Å²) in [5, 5.41) is 0.196. The Morgan fingerprint density at radius 3 is 2.79 bits per heavy atom. The molecule has 1 aliphatic heterocycles. The average molecular weight is 304 g/mol. The third-order valence-corrected chi connectivity index (χ3v) is 5.54. The first kappa shape index (κ1) is 14.7. The van der Waals surface area contributed by atoms with Crippen molar-refractivity contribution in [3.8, 4) is 0 Å².